The molecule has 0 spiro atoms. The molecule has 0 aliphatic heterocycles. The third kappa shape index (κ3) is 2.40. The van der Waals surface area contributed by atoms with Crippen molar-refractivity contribution in [3.05, 3.63) is 35.4 Å². The first-order valence-corrected chi connectivity index (χ1v) is 5.85. The molecule has 3 heteroatoms. The highest BCUT2D eigenvalue weighted by atomic mass is 19.1. The Hall–Kier alpha value is -0.960. The molecule has 0 radical (unpaired) electrons. The molecule has 88 valence electrons. The molecule has 1 saturated carbocycles. The van der Waals surface area contributed by atoms with Crippen molar-refractivity contribution in [2.45, 2.75) is 32.2 Å². The Morgan fingerprint density at radius 2 is 1.94 bits per heavy atom. The van der Waals surface area contributed by atoms with Crippen LogP contribution in [0.4, 0.5) is 8.78 Å². The Bertz CT molecular complexity index is 341. The molecule has 2 rings (SSSR count). The summed E-state index contributed by atoms with van der Waals surface area (Å²) in [4.78, 5) is 0. The lowest BCUT2D eigenvalue weighted by Crippen LogP contribution is -2.30. The molecule has 0 saturated heterocycles. The summed E-state index contributed by atoms with van der Waals surface area (Å²) in [6.07, 6.45) is 3.76. The van der Waals surface area contributed by atoms with E-state index in [2.05, 4.69) is 5.32 Å². The second kappa shape index (κ2) is 4.91. The van der Waals surface area contributed by atoms with Gasteiger partial charge in [0, 0.05) is 11.6 Å². The van der Waals surface area contributed by atoms with Gasteiger partial charge in [0.25, 0.3) is 0 Å². The van der Waals surface area contributed by atoms with Crippen LogP contribution in [-0.2, 0) is 0 Å². The minimum absolute atomic E-state index is 0.154. The van der Waals surface area contributed by atoms with Gasteiger partial charge in [0.15, 0.2) is 0 Å². The van der Waals surface area contributed by atoms with Gasteiger partial charge in [-0.1, -0.05) is 12.5 Å². The smallest absolute Gasteiger partial charge is 0.130 e. The summed E-state index contributed by atoms with van der Waals surface area (Å²) in [6, 6.07) is 3.74. The van der Waals surface area contributed by atoms with Crippen LogP contribution >= 0.6 is 0 Å². The van der Waals surface area contributed by atoms with Crippen molar-refractivity contribution >= 4 is 0 Å². The Kier molecular flexibility index (Phi) is 3.54. The van der Waals surface area contributed by atoms with Crippen molar-refractivity contribution in [3.8, 4) is 0 Å². The van der Waals surface area contributed by atoms with Crippen LogP contribution in [0.1, 0.15) is 37.8 Å². The predicted octanol–water partition coefficient (Wildman–Crippen LogP) is 3.42. The van der Waals surface area contributed by atoms with Crippen LogP contribution in [0.2, 0.25) is 0 Å². The van der Waals surface area contributed by atoms with Crippen LogP contribution in [0.3, 0.4) is 0 Å². The van der Waals surface area contributed by atoms with Crippen LogP contribution < -0.4 is 5.32 Å². The highest BCUT2D eigenvalue weighted by Crippen LogP contribution is 2.27. The average Bonchev–Trinajstić information content (AvgIpc) is 2.15. The van der Waals surface area contributed by atoms with Gasteiger partial charge < -0.3 is 5.32 Å². The third-order valence-electron chi connectivity index (χ3n) is 3.37. The fourth-order valence-corrected chi connectivity index (χ4v) is 2.07. The lowest BCUT2D eigenvalue weighted by Gasteiger charge is -2.27. The Labute approximate surface area is 94.9 Å². The van der Waals surface area contributed by atoms with E-state index in [1.165, 1.54) is 37.5 Å². The van der Waals surface area contributed by atoms with E-state index in [0.717, 1.165) is 6.54 Å². The maximum absolute atomic E-state index is 13.4. The molecular formula is C13H17F2N. The highest BCUT2D eigenvalue weighted by Gasteiger charge is 2.20. The zero-order valence-electron chi connectivity index (χ0n) is 9.47. The summed E-state index contributed by atoms with van der Waals surface area (Å²) >= 11 is 0. The van der Waals surface area contributed by atoms with Gasteiger partial charge in [-0.3, -0.25) is 0 Å². The van der Waals surface area contributed by atoms with Gasteiger partial charge in [0.2, 0.25) is 0 Å². The van der Waals surface area contributed by atoms with Crippen molar-refractivity contribution in [1.82, 2.24) is 5.32 Å². The van der Waals surface area contributed by atoms with Crippen LogP contribution in [-0.4, -0.2) is 6.54 Å². The fourth-order valence-electron chi connectivity index (χ4n) is 2.07. The molecule has 0 heterocycles. The molecule has 0 bridgehead atoms. The number of benzene rings is 1. The first kappa shape index (κ1) is 11.5. The predicted molar refractivity (Wildman–Crippen MR) is 60.1 cm³/mol. The van der Waals surface area contributed by atoms with E-state index < -0.39 is 11.6 Å². The largest absolute Gasteiger partial charge is 0.310 e. The lowest BCUT2D eigenvalue weighted by atomic mass is 9.85. The lowest BCUT2D eigenvalue weighted by molar-refractivity contribution is 0.290. The first-order valence-electron chi connectivity index (χ1n) is 5.85. The summed E-state index contributed by atoms with van der Waals surface area (Å²) in [7, 11) is 0. The van der Waals surface area contributed by atoms with E-state index in [4.69, 9.17) is 0 Å². The van der Waals surface area contributed by atoms with Gasteiger partial charge in [0.05, 0.1) is 0 Å². The molecule has 1 aromatic rings. The summed E-state index contributed by atoms with van der Waals surface area (Å²) in [6.45, 7) is 2.66. The van der Waals surface area contributed by atoms with Crippen molar-refractivity contribution in [1.29, 1.82) is 0 Å². The molecule has 1 aromatic carbocycles. The summed E-state index contributed by atoms with van der Waals surface area (Å²) < 4.78 is 26.9. The van der Waals surface area contributed by atoms with E-state index in [-0.39, 0.29) is 11.6 Å². The first-order chi connectivity index (χ1) is 7.68. The normalized spacial score (nSPS) is 18.2. The van der Waals surface area contributed by atoms with Gasteiger partial charge >= 0.3 is 0 Å². The minimum atomic E-state index is -0.464. The van der Waals surface area contributed by atoms with Crippen LogP contribution in [0.25, 0.3) is 0 Å². The molecule has 1 aliphatic rings. The van der Waals surface area contributed by atoms with E-state index in [9.17, 15) is 8.78 Å². The number of nitrogens with one attached hydrogen (secondary N) is 1. The molecule has 0 amide bonds. The molecule has 0 aromatic heterocycles. The fraction of sp³-hybridized carbons (Fsp3) is 0.538. The summed E-state index contributed by atoms with van der Waals surface area (Å²) in [5, 5.41) is 3.20. The average molecular weight is 225 g/mol. The van der Waals surface area contributed by atoms with E-state index in [1.807, 2.05) is 0 Å². The molecule has 1 N–H and O–H groups in total. The van der Waals surface area contributed by atoms with E-state index >= 15 is 0 Å². The van der Waals surface area contributed by atoms with Gasteiger partial charge in [-0.15, -0.1) is 0 Å². The third-order valence-corrected chi connectivity index (χ3v) is 3.37. The summed E-state index contributed by atoms with van der Waals surface area (Å²) in [5.74, 6) is -0.237. The standard InChI is InChI=1S/C13H17F2N/c1-9(16-8-10-4-2-5-10)13-11(14)6-3-7-12(13)15/h3,6-7,9-10,16H,2,4-5,8H2,1H3. The SMILES string of the molecule is CC(NCC1CCC1)c1c(F)cccc1F. The minimum Gasteiger partial charge on any atom is -0.310 e. The highest BCUT2D eigenvalue weighted by molar-refractivity contribution is 5.22. The monoisotopic (exact) mass is 225 g/mol. The van der Waals surface area contributed by atoms with Crippen molar-refractivity contribution in [3.63, 3.8) is 0 Å². The molecule has 1 aliphatic carbocycles. The van der Waals surface area contributed by atoms with E-state index in [1.54, 1.807) is 6.92 Å². The molecule has 1 fully saturated rings. The van der Waals surface area contributed by atoms with Crippen molar-refractivity contribution in [2.75, 3.05) is 6.54 Å². The molecule has 1 nitrogen and oxygen atoms in total. The molecule has 16 heavy (non-hydrogen) atoms. The maximum atomic E-state index is 13.4. The maximum Gasteiger partial charge on any atom is 0.130 e. The topological polar surface area (TPSA) is 12.0 Å². The Morgan fingerprint density at radius 1 is 1.31 bits per heavy atom. The molecule has 1 atom stereocenters. The quantitative estimate of drug-likeness (QED) is 0.828. The second-order valence-corrected chi connectivity index (χ2v) is 4.56. The Morgan fingerprint density at radius 3 is 2.44 bits per heavy atom. The van der Waals surface area contributed by atoms with Crippen LogP contribution in [0.5, 0.6) is 0 Å². The van der Waals surface area contributed by atoms with Gasteiger partial charge in [-0.2, -0.15) is 0 Å². The molecule has 1 unspecified atom stereocenters. The summed E-state index contributed by atoms with van der Waals surface area (Å²) in [5.41, 5.74) is 0.154. The van der Waals surface area contributed by atoms with Gasteiger partial charge in [-0.05, 0) is 44.4 Å². The van der Waals surface area contributed by atoms with Crippen molar-refractivity contribution < 1.29 is 8.78 Å². The zero-order chi connectivity index (χ0) is 11.5. The number of halogens is 2. The van der Waals surface area contributed by atoms with Crippen LogP contribution in [0, 0.1) is 17.6 Å². The molecular weight excluding hydrogens is 208 g/mol. The van der Waals surface area contributed by atoms with Crippen LogP contribution in [0.15, 0.2) is 18.2 Å². The van der Waals surface area contributed by atoms with Crippen molar-refractivity contribution in [2.24, 2.45) is 5.92 Å². The Balaban J connectivity index is 1.98. The zero-order valence-corrected chi connectivity index (χ0v) is 9.47. The van der Waals surface area contributed by atoms with Gasteiger partial charge in [-0.25, -0.2) is 8.78 Å². The van der Waals surface area contributed by atoms with E-state index in [0.29, 0.717) is 5.92 Å². The second-order valence-electron chi connectivity index (χ2n) is 4.56. The number of hydrogen-bond donors (Lipinski definition) is 1. The van der Waals surface area contributed by atoms with Gasteiger partial charge in [0.1, 0.15) is 11.6 Å². The number of hydrogen-bond acceptors (Lipinski definition) is 1. The number of rotatable bonds is 4.